The molecule has 0 spiro atoms. The lowest BCUT2D eigenvalue weighted by Gasteiger charge is -2.43. The van der Waals surface area contributed by atoms with E-state index < -0.39 is 16.6 Å². The van der Waals surface area contributed by atoms with Gasteiger partial charge in [0.05, 0.1) is 6.07 Å². The molecule has 0 aliphatic heterocycles. The predicted octanol–water partition coefficient (Wildman–Crippen LogP) is 10.0. The SMILES string of the molecule is CC(C)C[Si](CC(C)C)(CC(C)C)OB(CCCCC#N)O[Si](CC(C)C)(CC(C)C)CC(C)C. The van der Waals surface area contributed by atoms with Crippen LogP contribution < -0.4 is 0 Å². The third-order valence-corrected chi connectivity index (χ3v) is 17.3. The van der Waals surface area contributed by atoms with Crippen LogP contribution in [0.5, 0.6) is 0 Å². The molecule has 206 valence electrons. The standard InChI is InChI=1S/C29H62BNO2Si2/c1-24(2)18-34(19-25(3)4,20-26(5)6)32-30(16-14-13-15-17-31)33-35(21-27(7)8,22-28(9)10)23-29(11)12/h24-29H,13-16,18-23H2,1-12H3. The van der Waals surface area contributed by atoms with E-state index in [0.29, 0.717) is 41.9 Å². The topological polar surface area (TPSA) is 42.2 Å². The molecule has 0 atom stereocenters. The van der Waals surface area contributed by atoms with E-state index in [1.54, 1.807) is 0 Å². The van der Waals surface area contributed by atoms with E-state index in [1.165, 1.54) is 36.3 Å². The highest BCUT2D eigenvalue weighted by molar-refractivity contribution is 6.84. The number of hydrogen-bond donors (Lipinski definition) is 0. The fraction of sp³-hybridized carbons (Fsp3) is 0.966. The second-order valence-electron chi connectivity index (χ2n) is 14.0. The molecule has 0 N–H and O–H groups in total. The van der Waals surface area contributed by atoms with Crippen LogP contribution in [0.25, 0.3) is 0 Å². The third kappa shape index (κ3) is 16.4. The maximum absolute atomic E-state index is 9.10. The van der Waals surface area contributed by atoms with Gasteiger partial charge in [-0.3, -0.25) is 0 Å². The average molecular weight is 524 g/mol. The molecule has 35 heavy (non-hydrogen) atoms. The van der Waals surface area contributed by atoms with Gasteiger partial charge in [-0.25, -0.2) is 0 Å². The van der Waals surface area contributed by atoms with E-state index in [9.17, 15) is 0 Å². The van der Waals surface area contributed by atoms with E-state index in [2.05, 4.69) is 89.2 Å². The fourth-order valence-corrected chi connectivity index (χ4v) is 18.5. The molecule has 0 bridgehead atoms. The minimum atomic E-state index is -2.00. The van der Waals surface area contributed by atoms with E-state index in [-0.39, 0.29) is 7.12 Å². The van der Waals surface area contributed by atoms with Gasteiger partial charge in [-0.2, -0.15) is 5.26 Å². The lowest BCUT2D eigenvalue weighted by Crippen LogP contribution is -2.53. The van der Waals surface area contributed by atoms with Crippen molar-refractivity contribution in [1.82, 2.24) is 0 Å². The van der Waals surface area contributed by atoms with E-state index in [0.717, 1.165) is 19.2 Å². The monoisotopic (exact) mass is 523 g/mol. The Morgan fingerprint density at radius 1 is 0.543 bits per heavy atom. The lowest BCUT2D eigenvalue weighted by molar-refractivity contribution is 0.368. The van der Waals surface area contributed by atoms with Gasteiger partial charge in [0.25, 0.3) is 0 Å². The van der Waals surface area contributed by atoms with E-state index in [4.69, 9.17) is 13.9 Å². The van der Waals surface area contributed by atoms with Crippen LogP contribution in [0.4, 0.5) is 0 Å². The van der Waals surface area contributed by atoms with Crippen LogP contribution in [0.15, 0.2) is 0 Å². The fourth-order valence-electron chi connectivity index (χ4n) is 6.47. The van der Waals surface area contributed by atoms with Gasteiger partial charge in [-0.1, -0.05) is 89.5 Å². The summed E-state index contributed by atoms with van der Waals surface area (Å²) in [6.07, 6.45) is 3.53. The Labute approximate surface area is 223 Å². The second kappa shape index (κ2) is 17.4. The molecular weight excluding hydrogens is 461 g/mol. The van der Waals surface area contributed by atoms with Crippen molar-refractivity contribution in [3.05, 3.63) is 0 Å². The Kier molecular flexibility index (Phi) is 17.4. The lowest BCUT2D eigenvalue weighted by atomic mass is 9.83. The molecule has 0 saturated heterocycles. The molecule has 0 fully saturated rings. The molecule has 0 heterocycles. The molecule has 0 aromatic heterocycles. The first-order chi connectivity index (χ1) is 16.1. The van der Waals surface area contributed by atoms with Crippen LogP contribution in [0.2, 0.25) is 42.6 Å². The average Bonchev–Trinajstić information content (AvgIpc) is 2.60. The number of nitrogens with zero attached hydrogens (tertiary/aromatic N) is 1. The highest BCUT2D eigenvalue weighted by Crippen LogP contribution is 2.38. The first kappa shape index (κ1) is 34.9. The number of unbranched alkanes of at least 4 members (excludes halogenated alkanes) is 2. The van der Waals surface area contributed by atoms with Crippen LogP contribution >= 0.6 is 0 Å². The van der Waals surface area contributed by atoms with Gasteiger partial charge in [0.15, 0.2) is 16.6 Å². The molecular formula is C29H62BNO2Si2. The summed E-state index contributed by atoms with van der Waals surface area (Å²) in [7, 11) is -4.11. The van der Waals surface area contributed by atoms with Gasteiger partial charge >= 0.3 is 7.12 Å². The molecule has 6 heteroatoms. The Morgan fingerprint density at radius 3 is 1.06 bits per heavy atom. The van der Waals surface area contributed by atoms with Gasteiger partial charge in [0.1, 0.15) is 0 Å². The Hall–Kier alpha value is -0.0913. The quantitative estimate of drug-likeness (QED) is 0.118. The summed E-state index contributed by atoms with van der Waals surface area (Å²) in [6.45, 7) is 28.4. The zero-order valence-electron chi connectivity index (χ0n) is 25.9. The molecule has 0 radical (unpaired) electrons. The van der Waals surface area contributed by atoms with Crippen LogP contribution in [0.3, 0.4) is 0 Å². The van der Waals surface area contributed by atoms with Crippen LogP contribution in [-0.4, -0.2) is 23.8 Å². The highest BCUT2D eigenvalue weighted by Gasteiger charge is 2.45. The molecule has 0 aliphatic rings. The normalized spacial score (nSPS) is 13.2. The van der Waals surface area contributed by atoms with Crippen molar-refractivity contribution in [2.75, 3.05) is 0 Å². The largest absolute Gasteiger partial charge is 0.453 e. The summed E-state index contributed by atoms with van der Waals surface area (Å²) in [5.74, 6) is 3.85. The Balaban J connectivity index is 6.34. The summed E-state index contributed by atoms with van der Waals surface area (Å²) in [4.78, 5) is 0. The van der Waals surface area contributed by atoms with Gasteiger partial charge in [-0.15, -0.1) is 0 Å². The van der Waals surface area contributed by atoms with Crippen molar-refractivity contribution in [1.29, 1.82) is 5.26 Å². The molecule has 0 aromatic rings. The molecule has 0 aliphatic carbocycles. The van der Waals surface area contributed by atoms with Crippen molar-refractivity contribution < 1.29 is 8.69 Å². The molecule has 0 aromatic carbocycles. The third-order valence-electron chi connectivity index (χ3n) is 6.42. The smallest absolute Gasteiger partial charge is 0.435 e. The molecule has 0 saturated carbocycles. The van der Waals surface area contributed by atoms with Gasteiger partial charge in [-0.05, 0) is 84.5 Å². The number of hydrogen-bond acceptors (Lipinski definition) is 3. The van der Waals surface area contributed by atoms with Crippen molar-refractivity contribution in [2.24, 2.45) is 35.5 Å². The zero-order chi connectivity index (χ0) is 27.2. The van der Waals surface area contributed by atoms with Crippen molar-refractivity contribution in [3.8, 4) is 6.07 Å². The van der Waals surface area contributed by atoms with Gasteiger partial charge in [0.2, 0.25) is 0 Å². The maximum Gasteiger partial charge on any atom is 0.435 e. The summed E-state index contributed by atoms with van der Waals surface area (Å²) in [5.41, 5.74) is 0. The van der Waals surface area contributed by atoms with Crippen LogP contribution in [0.1, 0.15) is 102 Å². The number of rotatable bonds is 20. The minimum absolute atomic E-state index is 0.0977. The molecule has 0 unspecified atom stereocenters. The second-order valence-corrected chi connectivity index (χ2v) is 21.7. The summed E-state index contributed by atoms with van der Waals surface area (Å²) in [6, 6.07) is 9.63. The van der Waals surface area contributed by atoms with Crippen LogP contribution in [-0.2, 0) is 8.69 Å². The number of nitriles is 1. The van der Waals surface area contributed by atoms with Gasteiger partial charge < -0.3 is 8.69 Å². The van der Waals surface area contributed by atoms with Gasteiger partial charge in [0, 0.05) is 6.42 Å². The van der Waals surface area contributed by atoms with Crippen molar-refractivity contribution in [3.63, 3.8) is 0 Å². The summed E-state index contributed by atoms with van der Waals surface area (Å²) >= 11 is 0. The first-order valence-corrected chi connectivity index (χ1v) is 19.9. The Morgan fingerprint density at radius 2 is 0.829 bits per heavy atom. The van der Waals surface area contributed by atoms with Crippen molar-refractivity contribution >= 4 is 23.8 Å². The molecule has 0 rings (SSSR count). The van der Waals surface area contributed by atoms with Crippen molar-refractivity contribution in [2.45, 2.75) is 145 Å². The predicted molar refractivity (Wildman–Crippen MR) is 162 cm³/mol. The first-order valence-electron chi connectivity index (χ1n) is 14.9. The summed E-state index contributed by atoms with van der Waals surface area (Å²) < 4.78 is 14.8. The van der Waals surface area contributed by atoms with E-state index in [1.807, 2.05) is 0 Å². The molecule has 0 amide bonds. The van der Waals surface area contributed by atoms with E-state index >= 15 is 0 Å². The maximum atomic E-state index is 9.10. The van der Waals surface area contributed by atoms with Crippen LogP contribution in [0, 0.1) is 46.8 Å². The Bertz CT molecular complexity index is 495. The summed E-state index contributed by atoms with van der Waals surface area (Å²) in [5, 5.41) is 9.10. The molecule has 3 nitrogen and oxygen atoms in total. The minimum Gasteiger partial charge on any atom is -0.453 e. The zero-order valence-corrected chi connectivity index (χ0v) is 27.9. The highest BCUT2D eigenvalue weighted by atomic mass is 28.4.